The summed E-state index contributed by atoms with van der Waals surface area (Å²) in [5, 5.41) is 0. The highest BCUT2D eigenvalue weighted by Crippen LogP contribution is 2.16. The van der Waals surface area contributed by atoms with Gasteiger partial charge in [-0.05, 0) is 83.5 Å². The van der Waals surface area contributed by atoms with E-state index in [1.54, 1.807) is 0 Å². The van der Waals surface area contributed by atoms with Gasteiger partial charge < -0.3 is 14.2 Å². The molecule has 0 saturated carbocycles. The summed E-state index contributed by atoms with van der Waals surface area (Å²) < 4.78 is 16.9. The molecule has 0 bridgehead atoms. The quantitative estimate of drug-likeness (QED) is 0.0262. The van der Waals surface area contributed by atoms with Crippen molar-refractivity contribution in [3.63, 3.8) is 0 Å². The number of hydrogen-bond donors (Lipinski definition) is 0. The fourth-order valence-electron chi connectivity index (χ4n) is 8.56. The van der Waals surface area contributed by atoms with Crippen molar-refractivity contribution in [2.45, 2.75) is 316 Å². The monoisotopic (exact) mass is 953 g/mol. The largest absolute Gasteiger partial charge is 0.462 e. The highest BCUT2D eigenvalue weighted by molar-refractivity contribution is 5.71. The zero-order valence-electron chi connectivity index (χ0n) is 45.4. The van der Waals surface area contributed by atoms with Crippen LogP contribution in [0.2, 0.25) is 0 Å². The number of carbonyl (C=O) groups excluding carboxylic acids is 3. The zero-order chi connectivity index (χ0) is 49.3. The van der Waals surface area contributed by atoms with Gasteiger partial charge in [0.2, 0.25) is 0 Å². The smallest absolute Gasteiger partial charge is 0.306 e. The van der Waals surface area contributed by atoms with Gasteiger partial charge >= 0.3 is 17.9 Å². The van der Waals surface area contributed by atoms with Crippen molar-refractivity contribution >= 4 is 17.9 Å². The predicted molar refractivity (Wildman–Crippen MR) is 293 cm³/mol. The Labute approximate surface area is 422 Å². The van der Waals surface area contributed by atoms with Crippen LogP contribution in [0.5, 0.6) is 0 Å². The summed E-state index contributed by atoms with van der Waals surface area (Å²) in [7, 11) is 0. The Kier molecular flexibility index (Phi) is 54.8. The van der Waals surface area contributed by atoms with Gasteiger partial charge in [-0.1, -0.05) is 256 Å². The van der Waals surface area contributed by atoms with Crippen LogP contribution < -0.4 is 0 Å². The molecule has 0 rings (SSSR count). The Balaban J connectivity index is 4.33. The molecule has 396 valence electrons. The second-order valence-electron chi connectivity index (χ2n) is 19.9. The van der Waals surface area contributed by atoms with E-state index in [0.717, 1.165) is 70.6 Å². The predicted octanol–water partition coefficient (Wildman–Crippen LogP) is 19.8. The molecule has 6 heteroatoms. The van der Waals surface area contributed by atoms with E-state index in [1.165, 1.54) is 199 Å². The van der Waals surface area contributed by atoms with Gasteiger partial charge in [-0.3, -0.25) is 14.4 Å². The third-order valence-corrected chi connectivity index (χ3v) is 13.1. The lowest BCUT2D eigenvalue weighted by Crippen LogP contribution is -2.30. The van der Waals surface area contributed by atoms with Crippen molar-refractivity contribution in [3.8, 4) is 0 Å². The number of esters is 3. The van der Waals surface area contributed by atoms with E-state index in [0.29, 0.717) is 19.3 Å². The first-order valence-electron chi connectivity index (χ1n) is 29.6. The minimum absolute atomic E-state index is 0.0729. The molecule has 0 N–H and O–H groups in total. The molecule has 0 aromatic heterocycles. The molecule has 0 spiro atoms. The molecule has 0 amide bonds. The number of hydrogen-bond acceptors (Lipinski definition) is 6. The van der Waals surface area contributed by atoms with Crippen LogP contribution >= 0.6 is 0 Å². The average molecular weight is 954 g/mol. The number of unbranched alkanes of at least 4 members (excludes halogenated alkanes) is 35. The Morgan fingerprint density at radius 2 is 0.529 bits per heavy atom. The summed E-state index contributed by atoms with van der Waals surface area (Å²) in [6.07, 6.45) is 69.5. The van der Waals surface area contributed by atoms with E-state index in [1.807, 2.05) is 0 Å². The van der Waals surface area contributed by atoms with E-state index in [9.17, 15) is 14.4 Å². The molecule has 0 aliphatic carbocycles. The minimum Gasteiger partial charge on any atom is -0.462 e. The number of rotatable bonds is 54. The molecule has 0 heterocycles. The molecular formula is C62H112O6. The topological polar surface area (TPSA) is 78.9 Å². The molecular weight excluding hydrogens is 841 g/mol. The summed E-state index contributed by atoms with van der Waals surface area (Å²) >= 11 is 0. The van der Waals surface area contributed by atoms with Crippen LogP contribution in [0.25, 0.3) is 0 Å². The van der Waals surface area contributed by atoms with Crippen LogP contribution in [0.15, 0.2) is 48.6 Å². The van der Waals surface area contributed by atoms with E-state index < -0.39 is 6.10 Å². The van der Waals surface area contributed by atoms with Gasteiger partial charge in [-0.25, -0.2) is 0 Å². The second kappa shape index (κ2) is 57.0. The number of allylic oxidation sites excluding steroid dienone is 8. The Morgan fingerprint density at radius 3 is 0.838 bits per heavy atom. The molecule has 68 heavy (non-hydrogen) atoms. The standard InChI is InChI=1S/C62H112O6/c1-4-7-10-13-16-19-22-25-27-29-31-33-35-37-40-43-46-49-52-55-61(64)67-58-59(57-66-60(63)54-51-48-45-42-39-24-21-18-15-12-9-6-3)68-62(65)56-53-50-47-44-41-38-36-34-32-30-28-26-23-20-17-14-11-8-5-2/h16-17,19-20,25-28,59H,4-15,18,21-24,29-58H2,1-3H3/b19-16-,20-17-,27-25-,28-26-. The first-order chi connectivity index (χ1) is 33.5. The third-order valence-electron chi connectivity index (χ3n) is 13.1. The Hall–Kier alpha value is -2.63. The lowest BCUT2D eigenvalue weighted by atomic mass is 10.0. The van der Waals surface area contributed by atoms with Gasteiger partial charge in [-0.2, -0.15) is 0 Å². The summed E-state index contributed by atoms with van der Waals surface area (Å²) in [5.74, 6) is -0.866. The van der Waals surface area contributed by atoms with Gasteiger partial charge in [0.05, 0.1) is 0 Å². The lowest BCUT2D eigenvalue weighted by molar-refractivity contribution is -0.167. The van der Waals surface area contributed by atoms with E-state index in [-0.39, 0.29) is 31.1 Å². The van der Waals surface area contributed by atoms with Crippen molar-refractivity contribution in [1.29, 1.82) is 0 Å². The maximum absolute atomic E-state index is 12.9. The van der Waals surface area contributed by atoms with Crippen LogP contribution in [0.1, 0.15) is 310 Å². The van der Waals surface area contributed by atoms with Crippen molar-refractivity contribution < 1.29 is 28.6 Å². The molecule has 0 fully saturated rings. The summed E-state index contributed by atoms with van der Waals surface area (Å²) in [5.41, 5.74) is 0. The van der Waals surface area contributed by atoms with Gasteiger partial charge in [0.1, 0.15) is 13.2 Å². The van der Waals surface area contributed by atoms with E-state index >= 15 is 0 Å². The Bertz CT molecular complexity index is 1190. The van der Waals surface area contributed by atoms with E-state index in [2.05, 4.69) is 69.4 Å². The molecule has 0 radical (unpaired) electrons. The minimum atomic E-state index is -0.775. The molecule has 6 nitrogen and oxygen atoms in total. The highest BCUT2D eigenvalue weighted by atomic mass is 16.6. The van der Waals surface area contributed by atoms with Crippen LogP contribution in [-0.2, 0) is 28.6 Å². The zero-order valence-corrected chi connectivity index (χ0v) is 45.4. The third kappa shape index (κ3) is 54.3. The SMILES string of the molecule is CCCCC/C=C\C/C=C\CCCCCCCCCCCC(=O)OCC(COC(=O)CCCCCCCCCCCCCC)OC(=O)CCCCCCCCCCC/C=C\C/C=C\CCCCC. The second-order valence-corrected chi connectivity index (χ2v) is 19.9. The van der Waals surface area contributed by atoms with Gasteiger partial charge in [-0.15, -0.1) is 0 Å². The van der Waals surface area contributed by atoms with Crippen molar-refractivity contribution in [2.24, 2.45) is 0 Å². The number of ether oxygens (including phenoxy) is 3. The van der Waals surface area contributed by atoms with Crippen molar-refractivity contribution in [1.82, 2.24) is 0 Å². The summed E-state index contributed by atoms with van der Waals surface area (Å²) in [4.78, 5) is 38.2. The first-order valence-corrected chi connectivity index (χ1v) is 29.6. The van der Waals surface area contributed by atoms with Gasteiger partial charge in [0.15, 0.2) is 6.10 Å². The molecule has 0 aromatic rings. The molecule has 1 atom stereocenters. The van der Waals surface area contributed by atoms with Crippen molar-refractivity contribution in [2.75, 3.05) is 13.2 Å². The van der Waals surface area contributed by atoms with E-state index in [4.69, 9.17) is 14.2 Å². The lowest BCUT2D eigenvalue weighted by Gasteiger charge is -2.18. The maximum Gasteiger partial charge on any atom is 0.306 e. The van der Waals surface area contributed by atoms with Crippen LogP contribution in [0.4, 0.5) is 0 Å². The summed E-state index contributed by atoms with van der Waals surface area (Å²) in [6, 6.07) is 0. The maximum atomic E-state index is 12.9. The fourth-order valence-corrected chi connectivity index (χ4v) is 8.56. The summed E-state index contributed by atoms with van der Waals surface area (Å²) in [6.45, 7) is 6.62. The highest BCUT2D eigenvalue weighted by Gasteiger charge is 2.19. The normalized spacial score (nSPS) is 12.3. The van der Waals surface area contributed by atoms with Gasteiger partial charge in [0.25, 0.3) is 0 Å². The number of carbonyl (C=O) groups is 3. The molecule has 0 saturated heterocycles. The van der Waals surface area contributed by atoms with Crippen LogP contribution in [-0.4, -0.2) is 37.2 Å². The van der Waals surface area contributed by atoms with Crippen LogP contribution in [0, 0.1) is 0 Å². The molecule has 0 aromatic carbocycles. The Morgan fingerprint density at radius 1 is 0.294 bits per heavy atom. The average Bonchev–Trinajstić information content (AvgIpc) is 3.34. The molecule has 1 unspecified atom stereocenters. The van der Waals surface area contributed by atoms with Gasteiger partial charge in [0, 0.05) is 19.3 Å². The fraction of sp³-hybridized carbons (Fsp3) is 0.823. The molecule has 0 aliphatic rings. The van der Waals surface area contributed by atoms with Crippen molar-refractivity contribution in [3.05, 3.63) is 48.6 Å². The molecule has 0 aliphatic heterocycles. The van der Waals surface area contributed by atoms with Crippen LogP contribution in [0.3, 0.4) is 0 Å². The first kappa shape index (κ1) is 65.4.